The quantitative estimate of drug-likeness (QED) is 0.305. The Labute approximate surface area is 115 Å². The van der Waals surface area contributed by atoms with Gasteiger partial charge in [0.25, 0.3) is 0 Å². The Morgan fingerprint density at radius 3 is 2.25 bits per heavy atom. The number of thiocarbonyl (C=S) groups is 1. The van der Waals surface area contributed by atoms with Crippen molar-refractivity contribution in [1.82, 2.24) is 0 Å². The Morgan fingerprint density at radius 1 is 1.06 bits per heavy atom. The van der Waals surface area contributed by atoms with Crippen LogP contribution in [0.2, 0.25) is 31.0 Å². The van der Waals surface area contributed by atoms with Crippen LogP contribution >= 0.6 is 12.2 Å². The molecule has 0 heterocycles. The normalized spacial score (nSPS) is 11.8. The van der Waals surface area contributed by atoms with E-state index >= 15 is 0 Å². The zero-order valence-corrected chi connectivity index (χ0v) is 15.0. The Kier molecular flexibility index (Phi) is 10.3. The second-order valence-corrected chi connectivity index (χ2v) is 14.9. The maximum absolute atomic E-state index is 5.46. The van der Waals surface area contributed by atoms with Crippen LogP contribution in [0.3, 0.4) is 0 Å². The van der Waals surface area contributed by atoms with Gasteiger partial charge in [0.05, 0.1) is 0 Å². The van der Waals surface area contributed by atoms with Crippen LogP contribution in [0.4, 0.5) is 0 Å². The molecular weight excluding hydrogens is 295 g/mol. The molecule has 3 heteroatoms. The Hall–Kier alpha value is 0.826. The molecule has 0 unspecified atom stereocenters. The Balaban J connectivity index is 3.32. The molecule has 0 aliphatic heterocycles. The molecule has 0 aromatic carbocycles. The zero-order valence-electron chi connectivity index (χ0n) is 11.5. The summed E-state index contributed by atoms with van der Waals surface area (Å²) in [5.74, 6) is 0. The van der Waals surface area contributed by atoms with Crippen LogP contribution in [0.25, 0.3) is 0 Å². The number of hydrogen-bond acceptors (Lipinski definition) is 1. The van der Waals surface area contributed by atoms with Crippen LogP contribution in [0.5, 0.6) is 0 Å². The first-order valence-corrected chi connectivity index (χ1v) is 12.8. The number of unbranched alkanes of at least 4 members (excludes halogenated alkanes) is 4. The van der Waals surface area contributed by atoms with Crippen molar-refractivity contribution >= 4 is 39.0 Å². The molecule has 0 aromatic rings. The second kappa shape index (κ2) is 9.82. The molecule has 0 N–H and O–H groups in total. The van der Waals surface area contributed by atoms with Gasteiger partial charge in [-0.2, -0.15) is 0 Å². The summed E-state index contributed by atoms with van der Waals surface area (Å²) in [5, 5.41) is 1.40. The molecular formula is C13H28SSeSi. The molecule has 0 rings (SSSR count). The molecule has 0 atom stereocenters. The van der Waals surface area contributed by atoms with Gasteiger partial charge in [-0.15, -0.1) is 0 Å². The van der Waals surface area contributed by atoms with Crippen LogP contribution in [-0.4, -0.2) is 26.8 Å². The van der Waals surface area contributed by atoms with E-state index in [4.69, 9.17) is 12.2 Å². The van der Waals surface area contributed by atoms with E-state index in [1.54, 1.807) is 0 Å². The van der Waals surface area contributed by atoms with E-state index in [9.17, 15) is 0 Å². The molecule has 0 nitrogen and oxygen atoms in total. The first-order valence-electron chi connectivity index (χ1n) is 6.61. The zero-order chi connectivity index (χ0) is 12.4. The summed E-state index contributed by atoms with van der Waals surface area (Å²) >= 11 is 6.12. The van der Waals surface area contributed by atoms with Crippen LogP contribution in [0.15, 0.2) is 0 Å². The molecule has 0 spiro atoms. The van der Waals surface area contributed by atoms with E-state index in [-0.39, 0.29) is 0 Å². The van der Waals surface area contributed by atoms with Gasteiger partial charge >= 0.3 is 115 Å². The molecule has 0 fully saturated rings. The van der Waals surface area contributed by atoms with Crippen molar-refractivity contribution in [3.05, 3.63) is 0 Å². The summed E-state index contributed by atoms with van der Waals surface area (Å²) in [7, 11) is -0.817. The van der Waals surface area contributed by atoms with Gasteiger partial charge in [-0.05, 0) is 0 Å². The van der Waals surface area contributed by atoms with Gasteiger partial charge in [0.2, 0.25) is 0 Å². The first-order chi connectivity index (χ1) is 7.45. The summed E-state index contributed by atoms with van der Waals surface area (Å²) < 4.78 is 1.39. The predicted octanol–water partition coefficient (Wildman–Crippen LogP) is 5.14. The molecule has 96 valence electrons. The average Bonchev–Trinajstić information content (AvgIpc) is 2.15. The molecule has 0 amide bonds. The van der Waals surface area contributed by atoms with Gasteiger partial charge in [-0.1, -0.05) is 0 Å². The van der Waals surface area contributed by atoms with E-state index in [0.29, 0.717) is 15.0 Å². The third-order valence-electron chi connectivity index (χ3n) is 2.60. The number of rotatable bonds is 10. The molecule has 0 bridgehead atoms. The van der Waals surface area contributed by atoms with Crippen molar-refractivity contribution in [1.29, 1.82) is 0 Å². The monoisotopic (exact) mass is 324 g/mol. The van der Waals surface area contributed by atoms with Gasteiger partial charge in [0.15, 0.2) is 0 Å². The molecule has 0 radical (unpaired) electrons. The van der Waals surface area contributed by atoms with Gasteiger partial charge in [-0.3, -0.25) is 0 Å². The summed E-state index contributed by atoms with van der Waals surface area (Å²) in [5.41, 5.74) is 0. The Bertz CT molecular complexity index is 187. The average molecular weight is 323 g/mol. The van der Waals surface area contributed by atoms with Gasteiger partial charge in [0, 0.05) is 0 Å². The van der Waals surface area contributed by atoms with Crippen molar-refractivity contribution in [2.45, 2.75) is 76.5 Å². The minimum atomic E-state index is -0.817. The number of hydrogen-bond donors (Lipinski definition) is 0. The van der Waals surface area contributed by atoms with Crippen molar-refractivity contribution in [3.8, 4) is 0 Å². The fourth-order valence-electron chi connectivity index (χ4n) is 1.42. The van der Waals surface area contributed by atoms with Gasteiger partial charge in [-0.25, -0.2) is 0 Å². The SMILES string of the molecule is CCCCCCCC(=S)[Se]CC[Si](C)(C)C. The van der Waals surface area contributed by atoms with Crippen molar-refractivity contribution in [2.75, 3.05) is 0 Å². The first kappa shape index (κ1) is 16.8. The minimum absolute atomic E-state index is 0.653. The standard InChI is InChI=1S/C13H28SSeSi/c1-5-6-7-8-9-10-13(14)15-11-12-16(2,3)4/h5-12H2,1-4H3. The fourth-order valence-corrected chi connectivity index (χ4v) is 8.29. The van der Waals surface area contributed by atoms with Crippen LogP contribution in [0.1, 0.15) is 45.4 Å². The van der Waals surface area contributed by atoms with Crippen molar-refractivity contribution < 1.29 is 0 Å². The summed E-state index contributed by atoms with van der Waals surface area (Å²) in [6.07, 6.45) is 8.09. The molecule has 0 saturated carbocycles. The molecule has 0 saturated heterocycles. The molecule has 0 aliphatic carbocycles. The topological polar surface area (TPSA) is 0 Å². The summed E-state index contributed by atoms with van der Waals surface area (Å²) in [6.45, 7) is 9.63. The van der Waals surface area contributed by atoms with Gasteiger partial charge < -0.3 is 0 Å². The maximum atomic E-state index is 5.46. The third kappa shape index (κ3) is 12.9. The molecule has 16 heavy (non-hydrogen) atoms. The van der Waals surface area contributed by atoms with E-state index < -0.39 is 8.07 Å². The van der Waals surface area contributed by atoms with Crippen molar-refractivity contribution in [2.24, 2.45) is 0 Å². The van der Waals surface area contributed by atoms with Gasteiger partial charge in [0.1, 0.15) is 0 Å². The van der Waals surface area contributed by atoms with Crippen LogP contribution in [-0.2, 0) is 0 Å². The van der Waals surface area contributed by atoms with Crippen molar-refractivity contribution in [3.63, 3.8) is 0 Å². The van der Waals surface area contributed by atoms with E-state index in [2.05, 4.69) is 26.6 Å². The fraction of sp³-hybridized carbons (Fsp3) is 0.923. The summed E-state index contributed by atoms with van der Waals surface area (Å²) in [6, 6.07) is 1.46. The van der Waals surface area contributed by atoms with Crippen LogP contribution < -0.4 is 0 Å². The summed E-state index contributed by atoms with van der Waals surface area (Å²) in [4.78, 5) is 0. The van der Waals surface area contributed by atoms with E-state index in [0.717, 1.165) is 0 Å². The molecule has 0 aliphatic rings. The Morgan fingerprint density at radius 2 is 1.69 bits per heavy atom. The van der Waals surface area contributed by atoms with Crippen LogP contribution in [0, 0.1) is 0 Å². The molecule has 0 aromatic heterocycles. The predicted molar refractivity (Wildman–Crippen MR) is 84.7 cm³/mol. The third-order valence-corrected chi connectivity index (χ3v) is 7.94. The van der Waals surface area contributed by atoms with E-state index in [1.807, 2.05) is 0 Å². The second-order valence-electron chi connectivity index (χ2n) is 5.70. The van der Waals surface area contributed by atoms with E-state index in [1.165, 1.54) is 53.7 Å².